The summed E-state index contributed by atoms with van der Waals surface area (Å²) in [5.41, 5.74) is 0.919. The Morgan fingerprint density at radius 2 is 1.62 bits per heavy atom. The number of hydrogen-bond acceptors (Lipinski definition) is 2. The smallest absolute Gasteiger partial charge is 0.244 e. The summed E-state index contributed by atoms with van der Waals surface area (Å²) in [5, 5.41) is 2.81. The molecule has 24 heavy (non-hydrogen) atoms. The van der Waals surface area contributed by atoms with Crippen LogP contribution in [0.4, 0.5) is 5.69 Å². The Morgan fingerprint density at radius 3 is 2.25 bits per heavy atom. The maximum absolute atomic E-state index is 12.8. The highest BCUT2D eigenvalue weighted by Gasteiger charge is 2.32. The molecule has 0 saturated heterocycles. The third-order valence-corrected chi connectivity index (χ3v) is 4.60. The van der Waals surface area contributed by atoms with Crippen molar-refractivity contribution in [3.05, 3.63) is 64.6 Å². The fourth-order valence-corrected chi connectivity index (χ4v) is 2.88. The molecule has 0 radical (unpaired) electrons. The van der Waals surface area contributed by atoms with Crippen molar-refractivity contribution in [3.63, 3.8) is 0 Å². The Balaban J connectivity index is 2.03. The van der Waals surface area contributed by atoms with Crippen LogP contribution in [-0.4, -0.2) is 30.3 Å². The lowest BCUT2D eigenvalue weighted by Gasteiger charge is -2.29. The number of para-hydroxylation sites is 1. The molecule has 2 rings (SSSR count). The molecule has 0 aromatic heterocycles. The Bertz CT molecular complexity index is 729. The molecule has 0 bridgehead atoms. The van der Waals surface area contributed by atoms with Crippen molar-refractivity contribution in [2.24, 2.45) is 0 Å². The lowest BCUT2D eigenvalue weighted by molar-refractivity contribution is -0.137. The summed E-state index contributed by atoms with van der Waals surface area (Å²) in [6.45, 7) is 3.73. The number of likely N-dealkylation sites (N-methyl/N-ethyl adjacent to an activating group) is 1. The third-order valence-electron chi connectivity index (χ3n) is 3.91. The molecule has 0 fully saturated rings. The van der Waals surface area contributed by atoms with Crippen LogP contribution in [0.3, 0.4) is 0 Å². The summed E-state index contributed by atoms with van der Waals surface area (Å²) in [7, 11) is 1.65. The van der Waals surface area contributed by atoms with Gasteiger partial charge in [0.1, 0.15) is 0 Å². The van der Waals surface area contributed by atoms with E-state index in [4.69, 9.17) is 0 Å². The zero-order valence-electron chi connectivity index (χ0n) is 14.0. The van der Waals surface area contributed by atoms with E-state index >= 15 is 0 Å². The second kappa shape index (κ2) is 7.62. The summed E-state index contributed by atoms with van der Waals surface area (Å²) < 4.78 is 0.803. The van der Waals surface area contributed by atoms with E-state index in [0.29, 0.717) is 5.69 Å². The number of nitrogens with zero attached hydrogens (tertiary/aromatic N) is 1. The molecule has 2 aromatic carbocycles. The molecular weight excluding hydrogens is 368 g/mol. The number of carbonyl (C=O) groups excluding carboxylic acids is 2. The van der Waals surface area contributed by atoms with Crippen molar-refractivity contribution in [2.75, 3.05) is 18.9 Å². The zero-order valence-corrected chi connectivity index (χ0v) is 15.6. The molecule has 1 N–H and O–H groups in total. The monoisotopic (exact) mass is 388 g/mol. The number of halogens is 1. The number of anilines is 1. The molecule has 0 atom stereocenters. The van der Waals surface area contributed by atoms with E-state index < -0.39 is 5.41 Å². The van der Waals surface area contributed by atoms with Crippen LogP contribution >= 0.6 is 15.9 Å². The molecule has 0 aliphatic rings. The standard InChI is InChI=1S/C19H21BrN2O2/c1-19(2,14-9-5-4-6-10-14)18(24)22(3)13-17(23)21-16-12-8-7-11-15(16)20/h4-12H,13H2,1-3H3,(H,21,23). The maximum atomic E-state index is 12.8. The highest BCUT2D eigenvalue weighted by atomic mass is 79.9. The van der Waals surface area contributed by atoms with Gasteiger partial charge in [-0.15, -0.1) is 0 Å². The molecule has 126 valence electrons. The number of carbonyl (C=O) groups is 2. The van der Waals surface area contributed by atoms with Crippen LogP contribution in [0, 0.1) is 0 Å². The van der Waals surface area contributed by atoms with Crippen LogP contribution in [-0.2, 0) is 15.0 Å². The van der Waals surface area contributed by atoms with Crippen LogP contribution in [0.25, 0.3) is 0 Å². The topological polar surface area (TPSA) is 49.4 Å². The number of rotatable bonds is 5. The third kappa shape index (κ3) is 4.23. The van der Waals surface area contributed by atoms with Crippen LogP contribution in [0.2, 0.25) is 0 Å². The summed E-state index contributed by atoms with van der Waals surface area (Å²) >= 11 is 3.39. The van der Waals surface area contributed by atoms with Gasteiger partial charge in [0.15, 0.2) is 0 Å². The SMILES string of the molecule is CN(CC(=O)Nc1ccccc1Br)C(=O)C(C)(C)c1ccccc1. The van der Waals surface area contributed by atoms with Gasteiger partial charge >= 0.3 is 0 Å². The average Bonchev–Trinajstić information content (AvgIpc) is 2.57. The van der Waals surface area contributed by atoms with Crippen LogP contribution in [0.5, 0.6) is 0 Å². The van der Waals surface area contributed by atoms with E-state index in [1.54, 1.807) is 13.1 Å². The number of benzene rings is 2. The molecule has 0 saturated carbocycles. The van der Waals surface area contributed by atoms with Crippen molar-refractivity contribution in [1.82, 2.24) is 4.90 Å². The van der Waals surface area contributed by atoms with Crippen molar-refractivity contribution in [1.29, 1.82) is 0 Å². The fourth-order valence-electron chi connectivity index (χ4n) is 2.49. The molecule has 0 aliphatic heterocycles. The highest BCUT2D eigenvalue weighted by Crippen LogP contribution is 2.25. The number of amides is 2. The van der Waals surface area contributed by atoms with Gasteiger partial charge in [0.2, 0.25) is 11.8 Å². The zero-order chi connectivity index (χ0) is 17.7. The molecule has 5 heteroatoms. The second-order valence-corrected chi connectivity index (χ2v) is 7.03. The fraction of sp³-hybridized carbons (Fsp3) is 0.263. The van der Waals surface area contributed by atoms with E-state index in [1.807, 2.05) is 62.4 Å². The van der Waals surface area contributed by atoms with Gasteiger partial charge in [0.25, 0.3) is 0 Å². The molecule has 2 amide bonds. The first-order valence-electron chi connectivity index (χ1n) is 7.68. The van der Waals surface area contributed by atoms with Gasteiger partial charge < -0.3 is 10.2 Å². The second-order valence-electron chi connectivity index (χ2n) is 6.18. The predicted octanol–water partition coefficient (Wildman–Crippen LogP) is 3.82. The minimum atomic E-state index is -0.691. The maximum Gasteiger partial charge on any atom is 0.244 e. The van der Waals surface area contributed by atoms with E-state index in [0.717, 1.165) is 10.0 Å². The first kappa shape index (κ1) is 18.2. The Morgan fingerprint density at radius 1 is 1.04 bits per heavy atom. The summed E-state index contributed by atoms with van der Waals surface area (Å²) in [6.07, 6.45) is 0. The minimum Gasteiger partial charge on any atom is -0.336 e. The van der Waals surface area contributed by atoms with Crippen molar-refractivity contribution < 1.29 is 9.59 Å². The Kier molecular flexibility index (Phi) is 5.78. The summed E-state index contributed by atoms with van der Waals surface area (Å²) in [4.78, 5) is 26.4. The molecular formula is C19H21BrN2O2. The lowest BCUT2D eigenvalue weighted by Crippen LogP contribution is -2.44. The molecule has 0 spiro atoms. The molecule has 0 aliphatic carbocycles. The van der Waals surface area contributed by atoms with Gasteiger partial charge in [-0.05, 0) is 47.5 Å². The average molecular weight is 389 g/mol. The Hall–Kier alpha value is -2.14. The van der Waals surface area contributed by atoms with Gasteiger partial charge in [-0.1, -0.05) is 42.5 Å². The predicted molar refractivity (Wildman–Crippen MR) is 99.9 cm³/mol. The number of hydrogen-bond donors (Lipinski definition) is 1. The van der Waals surface area contributed by atoms with Crippen molar-refractivity contribution in [3.8, 4) is 0 Å². The first-order chi connectivity index (χ1) is 11.3. The van der Waals surface area contributed by atoms with Crippen molar-refractivity contribution >= 4 is 33.4 Å². The highest BCUT2D eigenvalue weighted by molar-refractivity contribution is 9.10. The minimum absolute atomic E-state index is 0.00354. The van der Waals surface area contributed by atoms with Gasteiger partial charge in [0.05, 0.1) is 17.6 Å². The normalized spacial score (nSPS) is 11.0. The van der Waals surface area contributed by atoms with E-state index in [-0.39, 0.29) is 18.4 Å². The van der Waals surface area contributed by atoms with Gasteiger partial charge in [-0.25, -0.2) is 0 Å². The van der Waals surface area contributed by atoms with Crippen molar-refractivity contribution in [2.45, 2.75) is 19.3 Å². The summed E-state index contributed by atoms with van der Waals surface area (Å²) in [6, 6.07) is 16.9. The van der Waals surface area contributed by atoms with Crippen LogP contribution in [0.1, 0.15) is 19.4 Å². The molecule has 0 heterocycles. The molecule has 2 aromatic rings. The first-order valence-corrected chi connectivity index (χ1v) is 8.47. The van der Waals surface area contributed by atoms with Crippen LogP contribution in [0.15, 0.2) is 59.1 Å². The van der Waals surface area contributed by atoms with Gasteiger partial charge in [-0.2, -0.15) is 0 Å². The van der Waals surface area contributed by atoms with E-state index in [2.05, 4.69) is 21.2 Å². The summed E-state index contributed by atoms with van der Waals surface area (Å²) in [5.74, 6) is -0.336. The van der Waals surface area contributed by atoms with Gasteiger partial charge in [-0.3, -0.25) is 9.59 Å². The van der Waals surface area contributed by atoms with E-state index in [9.17, 15) is 9.59 Å². The largest absolute Gasteiger partial charge is 0.336 e. The lowest BCUT2D eigenvalue weighted by atomic mass is 9.83. The molecule has 0 unspecified atom stereocenters. The van der Waals surface area contributed by atoms with E-state index in [1.165, 1.54) is 4.90 Å². The van der Waals surface area contributed by atoms with Gasteiger partial charge in [0, 0.05) is 11.5 Å². The quantitative estimate of drug-likeness (QED) is 0.845. The Labute approximate surface area is 151 Å². The number of nitrogens with one attached hydrogen (secondary N) is 1. The van der Waals surface area contributed by atoms with Crippen LogP contribution < -0.4 is 5.32 Å². The molecule has 4 nitrogen and oxygen atoms in total.